The summed E-state index contributed by atoms with van der Waals surface area (Å²) in [5.74, 6) is -0.291. The fraction of sp³-hybridized carbons (Fsp3) is 0.304. The van der Waals surface area contributed by atoms with Crippen molar-refractivity contribution < 1.29 is 4.39 Å². The molecule has 4 rings (SSSR count). The Hall–Kier alpha value is -2.73. The van der Waals surface area contributed by atoms with Crippen molar-refractivity contribution in [1.82, 2.24) is 14.9 Å². The third-order valence-electron chi connectivity index (χ3n) is 5.57. The molecule has 4 nitrogen and oxygen atoms in total. The van der Waals surface area contributed by atoms with E-state index < -0.39 is 0 Å². The second-order valence-corrected chi connectivity index (χ2v) is 8.12. The fourth-order valence-electron chi connectivity index (χ4n) is 4.47. The smallest absolute Gasteiger partial charge is 0.174 e. The van der Waals surface area contributed by atoms with E-state index in [1.165, 1.54) is 11.8 Å². The number of hydrogen-bond acceptors (Lipinski definition) is 2. The highest BCUT2D eigenvalue weighted by molar-refractivity contribution is 7.80. The molecule has 150 valence electrons. The van der Waals surface area contributed by atoms with E-state index in [0.717, 1.165) is 17.0 Å². The van der Waals surface area contributed by atoms with E-state index in [4.69, 9.17) is 12.2 Å². The molecule has 0 unspecified atom stereocenters. The Labute approximate surface area is 176 Å². The molecule has 29 heavy (non-hydrogen) atoms. The molecule has 0 bridgehead atoms. The van der Waals surface area contributed by atoms with E-state index in [-0.39, 0.29) is 17.9 Å². The number of rotatable bonds is 4. The lowest BCUT2D eigenvalue weighted by atomic mass is 9.96. The van der Waals surface area contributed by atoms with Gasteiger partial charge in [0.2, 0.25) is 0 Å². The van der Waals surface area contributed by atoms with Crippen molar-refractivity contribution in [2.24, 2.45) is 0 Å². The van der Waals surface area contributed by atoms with Crippen LogP contribution in [0.3, 0.4) is 0 Å². The van der Waals surface area contributed by atoms with Crippen LogP contribution in [0.5, 0.6) is 0 Å². The van der Waals surface area contributed by atoms with E-state index in [9.17, 15) is 4.39 Å². The highest BCUT2D eigenvalue weighted by Gasteiger charge is 2.43. The summed E-state index contributed by atoms with van der Waals surface area (Å²) < 4.78 is 17.1. The van der Waals surface area contributed by atoms with Crippen LogP contribution in [0.2, 0.25) is 0 Å². The first kappa shape index (κ1) is 19.6. The summed E-state index contributed by atoms with van der Waals surface area (Å²) in [5, 5.41) is 3.90. The van der Waals surface area contributed by atoms with Gasteiger partial charge in [-0.2, -0.15) is 0 Å². The number of anilines is 1. The van der Waals surface area contributed by atoms with Gasteiger partial charge < -0.3 is 14.8 Å². The Bertz CT molecular complexity index is 1040. The third-order valence-corrected chi connectivity index (χ3v) is 5.88. The summed E-state index contributed by atoms with van der Waals surface area (Å²) in [6.45, 7) is 8.58. The average Bonchev–Trinajstić information content (AvgIpc) is 3.18. The summed E-state index contributed by atoms with van der Waals surface area (Å²) in [6, 6.07) is 14.8. The number of thiocarbonyl (C=S) groups is 1. The van der Waals surface area contributed by atoms with Crippen LogP contribution < -0.4 is 10.2 Å². The lowest BCUT2D eigenvalue weighted by Crippen LogP contribution is -2.30. The van der Waals surface area contributed by atoms with Gasteiger partial charge in [-0.05, 0) is 75.8 Å². The van der Waals surface area contributed by atoms with Crippen molar-refractivity contribution >= 4 is 23.0 Å². The van der Waals surface area contributed by atoms with Crippen LogP contribution >= 0.6 is 12.2 Å². The third kappa shape index (κ3) is 3.31. The first-order valence-corrected chi connectivity index (χ1v) is 10.2. The molecule has 2 aromatic heterocycles. The summed E-state index contributed by atoms with van der Waals surface area (Å²) in [4.78, 5) is 6.47. The summed E-state index contributed by atoms with van der Waals surface area (Å²) >= 11 is 5.68. The second kappa shape index (κ2) is 7.59. The number of pyridine rings is 1. The van der Waals surface area contributed by atoms with Gasteiger partial charge in [-0.15, -0.1) is 0 Å². The molecule has 1 aromatic carbocycles. The Morgan fingerprint density at radius 1 is 1.10 bits per heavy atom. The van der Waals surface area contributed by atoms with Crippen molar-refractivity contribution in [3.63, 3.8) is 0 Å². The molecule has 3 heterocycles. The van der Waals surface area contributed by atoms with E-state index in [2.05, 4.69) is 48.6 Å². The summed E-state index contributed by atoms with van der Waals surface area (Å²) in [6.07, 6.45) is 1.78. The largest absolute Gasteiger partial charge is 0.351 e. The lowest BCUT2D eigenvalue weighted by Gasteiger charge is -2.28. The van der Waals surface area contributed by atoms with Gasteiger partial charge >= 0.3 is 0 Å². The summed E-state index contributed by atoms with van der Waals surface area (Å²) in [5.41, 5.74) is 4.83. The Kier molecular flexibility index (Phi) is 5.13. The first-order chi connectivity index (χ1) is 13.9. The van der Waals surface area contributed by atoms with Crippen molar-refractivity contribution in [2.75, 3.05) is 4.90 Å². The van der Waals surface area contributed by atoms with Crippen LogP contribution in [0.1, 0.15) is 54.6 Å². The predicted molar refractivity (Wildman–Crippen MR) is 119 cm³/mol. The number of para-hydroxylation sites is 1. The Morgan fingerprint density at radius 3 is 2.45 bits per heavy atom. The van der Waals surface area contributed by atoms with Crippen LogP contribution in [0.4, 0.5) is 10.1 Å². The van der Waals surface area contributed by atoms with Crippen molar-refractivity contribution in [3.8, 4) is 0 Å². The molecule has 1 N–H and O–H groups in total. The molecule has 1 fully saturated rings. The minimum atomic E-state index is -0.291. The van der Waals surface area contributed by atoms with Crippen LogP contribution in [-0.2, 0) is 0 Å². The maximum atomic E-state index is 14.8. The van der Waals surface area contributed by atoms with E-state index >= 15 is 0 Å². The second-order valence-electron chi connectivity index (χ2n) is 7.74. The minimum absolute atomic E-state index is 0.176. The standard InChI is InChI=1S/C23H25FN4S/c1-14(2)27-15(3)13-17(16(27)4)22-21(19-10-7-8-12-25-19)26-23(29)28(22)20-11-6-5-9-18(20)24/h5-14,21-22H,1-4H3,(H,26,29)/t21-,22-/m0/s1. The molecule has 2 atom stereocenters. The SMILES string of the molecule is Cc1cc([C@H]2[C@H](c3ccccn3)NC(=S)N2c2ccccc2F)c(C)n1C(C)C. The zero-order chi connectivity index (χ0) is 20.7. The number of benzene rings is 1. The number of nitrogens with zero attached hydrogens (tertiary/aromatic N) is 3. The normalized spacial score (nSPS) is 19.1. The highest BCUT2D eigenvalue weighted by Crippen LogP contribution is 2.44. The number of halogens is 1. The minimum Gasteiger partial charge on any atom is -0.351 e. The molecule has 3 aromatic rings. The monoisotopic (exact) mass is 408 g/mol. The quantitative estimate of drug-likeness (QED) is 0.586. The van der Waals surface area contributed by atoms with Crippen molar-refractivity contribution in [2.45, 2.75) is 45.8 Å². The molecule has 0 radical (unpaired) electrons. The number of aromatic nitrogens is 2. The number of hydrogen-bond donors (Lipinski definition) is 1. The van der Waals surface area contributed by atoms with Gasteiger partial charge in [-0.3, -0.25) is 4.98 Å². The Morgan fingerprint density at radius 2 is 1.83 bits per heavy atom. The van der Waals surface area contributed by atoms with Gasteiger partial charge in [0.05, 0.1) is 23.5 Å². The lowest BCUT2D eigenvalue weighted by molar-refractivity contribution is 0.542. The number of aryl methyl sites for hydroxylation is 1. The molecule has 0 amide bonds. The first-order valence-electron chi connectivity index (χ1n) is 9.83. The summed E-state index contributed by atoms with van der Waals surface area (Å²) in [7, 11) is 0. The highest BCUT2D eigenvalue weighted by atomic mass is 32.1. The molecular formula is C23H25FN4S. The zero-order valence-corrected chi connectivity index (χ0v) is 17.9. The van der Waals surface area contributed by atoms with Gasteiger partial charge in [0.25, 0.3) is 0 Å². The molecule has 0 aliphatic carbocycles. The molecule has 0 spiro atoms. The molecule has 1 aliphatic rings. The average molecular weight is 409 g/mol. The van der Waals surface area contributed by atoms with Crippen LogP contribution in [-0.4, -0.2) is 14.7 Å². The van der Waals surface area contributed by atoms with Gasteiger partial charge in [0.15, 0.2) is 5.11 Å². The Balaban J connectivity index is 1.92. The topological polar surface area (TPSA) is 33.1 Å². The van der Waals surface area contributed by atoms with E-state index in [1.807, 2.05) is 29.2 Å². The maximum absolute atomic E-state index is 14.8. The predicted octanol–water partition coefficient (Wildman–Crippen LogP) is 5.40. The molecule has 1 saturated heterocycles. The van der Waals surface area contributed by atoms with Crippen LogP contribution in [0, 0.1) is 19.7 Å². The van der Waals surface area contributed by atoms with Crippen LogP contribution in [0.15, 0.2) is 54.7 Å². The van der Waals surface area contributed by atoms with Crippen molar-refractivity contribution in [1.29, 1.82) is 0 Å². The molecular weight excluding hydrogens is 383 g/mol. The molecule has 1 aliphatic heterocycles. The van der Waals surface area contributed by atoms with Gasteiger partial charge in [-0.1, -0.05) is 18.2 Å². The van der Waals surface area contributed by atoms with Gasteiger partial charge in [-0.25, -0.2) is 4.39 Å². The molecule has 6 heteroatoms. The number of nitrogens with one attached hydrogen (secondary N) is 1. The van der Waals surface area contributed by atoms with Gasteiger partial charge in [0.1, 0.15) is 5.82 Å². The maximum Gasteiger partial charge on any atom is 0.174 e. The van der Waals surface area contributed by atoms with E-state index in [1.54, 1.807) is 18.3 Å². The fourth-order valence-corrected chi connectivity index (χ4v) is 4.81. The van der Waals surface area contributed by atoms with Crippen LogP contribution in [0.25, 0.3) is 0 Å². The van der Waals surface area contributed by atoms with Crippen molar-refractivity contribution in [3.05, 3.63) is 83.2 Å². The van der Waals surface area contributed by atoms with Gasteiger partial charge in [0, 0.05) is 23.6 Å². The van der Waals surface area contributed by atoms with E-state index in [0.29, 0.717) is 16.8 Å². The zero-order valence-electron chi connectivity index (χ0n) is 17.1. The molecule has 0 saturated carbocycles.